The van der Waals surface area contributed by atoms with E-state index in [1.165, 1.54) is 0 Å². The summed E-state index contributed by atoms with van der Waals surface area (Å²) in [6.45, 7) is 8.06. The van der Waals surface area contributed by atoms with E-state index in [0.29, 0.717) is 44.3 Å². The summed E-state index contributed by atoms with van der Waals surface area (Å²) in [5, 5.41) is 3.81. The van der Waals surface area contributed by atoms with Crippen LogP contribution < -0.4 is 0 Å². The first-order valence-electron chi connectivity index (χ1n) is 9.68. The first-order chi connectivity index (χ1) is 12.6. The lowest BCUT2D eigenvalue weighted by molar-refractivity contribution is -0.148. The van der Waals surface area contributed by atoms with Crippen LogP contribution in [0, 0.1) is 6.92 Å². The second-order valence-corrected chi connectivity index (χ2v) is 7.19. The molecule has 1 aromatic rings. The number of carbonyl (C=O) groups excluding carboxylic acids is 2. The van der Waals surface area contributed by atoms with Crippen molar-refractivity contribution in [3.05, 3.63) is 11.7 Å². The molecule has 0 aromatic carbocycles. The van der Waals surface area contributed by atoms with Crippen molar-refractivity contribution in [3.63, 3.8) is 0 Å². The SMILES string of the molecule is CCCC(=O)N1CCCCC1C(=O)N1CCN(Cc2nc(C)no2)CC1. The second-order valence-electron chi connectivity index (χ2n) is 7.19. The van der Waals surface area contributed by atoms with Gasteiger partial charge in [-0.1, -0.05) is 12.1 Å². The highest BCUT2D eigenvalue weighted by molar-refractivity contribution is 5.88. The van der Waals surface area contributed by atoms with E-state index in [1.807, 2.05) is 16.7 Å². The molecule has 2 saturated heterocycles. The first-order valence-corrected chi connectivity index (χ1v) is 9.68. The van der Waals surface area contributed by atoms with Crippen molar-refractivity contribution in [2.75, 3.05) is 32.7 Å². The molecule has 3 rings (SSSR count). The molecule has 0 N–H and O–H groups in total. The monoisotopic (exact) mass is 363 g/mol. The van der Waals surface area contributed by atoms with E-state index in [4.69, 9.17) is 4.52 Å². The Morgan fingerprint density at radius 1 is 1.15 bits per heavy atom. The predicted molar refractivity (Wildman–Crippen MR) is 95.2 cm³/mol. The normalized spacial score (nSPS) is 21.8. The number of hydrogen-bond acceptors (Lipinski definition) is 6. The molecule has 1 aromatic heterocycles. The van der Waals surface area contributed by atoms with E-state index < -0.39 is 0 Å². The third-order valence-electron chi connectivity index (χ3n) is 5.18. The van der Waals surface area contributed by atoms with Gasteiger partial charge in [0, 0.05) is 39.1 Å². The first kappa shape index (κ1) is 18.8. The Labute approximate surface area is 154 Å². The van der Waals surface area contributed by atoms with Crippen molar-refractivity contribution in [1.82, 2.24) is 24.8 Å². The summed E-state index contributed by atoms with van der Waals surface area (Å²) in [6, 6.07) is -0.270. The van der Waals surface area contributed by atoms with Crippen LogP contribution in [-0.2, 0) is 16.1 Å². The molecule has 144 valence electrons. The number of rotatable bonds is 5. The number of hydrogen-bond donors (Lipinski definition) is 0. The lowest BCUT2D eigenvalue weighted by Crippen LogP contribution is -2.57. The third kappa shape index (κ3) is 4.41. The number of carbonyl (C=O) groups is 2. The lowest BCUT2D eigenvalue weighted by Gasteiger charge is -2.40. The molecule has 0 spiro atoms. The molecule has 0 bridgehead atoms. The summed E-state index contributed by atoms with van der Waals surface area (Å²) in [7, 11) is 0. The molecule has 8 nitrogen and oxygen atoms in total. The number of likely N-dealkylation sites (tertiary alicyclic amines) is 1. The van der Waals surface area contributed by atoms with Gasteiger partial charge in [0.25, 0.3) is 0 Å². The zero-order valence-corrected chi connectivity index (χ0v) is 15.8. The van der Waals surface area contributed by atoms with E-state index in [2.05, 4.69) is 15.0 Å². The Morgan fingerprint density at radius 2 is 1.92 bits per heavy atom. The van der Waals surface area contributed by atoms with Crippen LogP contribution in [0.15, 0.2) is 4.52 Å². The average Bonchev–Trinajstić information content (AvgIpc) is 3.07. The van der Waals surface area contributed by atoms with Gasteiger partial charge in [-0.15, -0.1) is 0 Å². The largest absolute Gasteiger partial charge is 0.338 e. The van der Waals surface area contributed by atoms with Crippen molar-refractivity contribution < 1.29 is 14.1 Å². The molecular formula is C18H29N5O3. The second kappa shape index (κ2) is 8.62. The highest BCUT2D eigenvalue weighted by atomic mass is 16.5. The molecule has 2 aliphatic rings. The topological polar surface area (TPSA) is 82.8 Å². The maximum Gasteiger partial charge on any atom is 0.245 e. The standard InChI is InChI=1S/C18H29N5O3/c1-3-6-17(24)23-8-5-4-7-15(23)18(25)22-11-9-21(10-12-22)13-16-19-14(2)20-26-16/h15H,3-13H2,1-2H3. The van der Waals surface area contributed by atoms with Crippen LogP contribution in [0.4, 0.5) is 0 Å². The molecule has 3 heterocycles. The van der Waals surface area contributed by atoms with Crippen LogP contribution in [0.25, 0.3) is 0 Å². The van der Waals surface area contributed by atoms with Crippen LogP contribution in [0.2, 0.25) is 0 Å². The van der Waals surface area contributed by atoms with Gasteiger partial charge in [-0.3, -0.25) is 14.5 Å². The van der Waals surface area contributed by atoms with Gasteiger partial charge in [0.2, 0.25) is 17.7 Å². The molecule has 0 saturated carbocycles. The third-order valence-corrected chi connectivity index (χ3v) is 5.18. The number of aromatic nitrogens is 2. The fraction of sp³-hybridized carbons (Fsp3) is 0.778. The fourth-order valence-corrected chi connectivity index (χ4v) is 3.78. The smallest absolute Gasteiger partial charge is 0.245 e. The van der Waals surface area contributed by atoms with E-state index in [0.717, 1.165) is 38.8 Å². The number of nitrogens with zero attached hydrogens (tertiary/aromatic N) is 5. The van der Waals surface area contributed by atoms with Crippen LogP contribution >= 0.6 is 0 Å². The minimum absolute atomic E-state index is 0.113. The molecule has 0 aliphatic carbocycles. The average molecular weight is 363 g/mol. The summed E-state index contributed by atoms with van der Waals surface area (Å²) in [4.78, 5) is 35.6. The van der Waals surface area contributed by atoms with Crippen LogP contribution in [0.3, 0.4) is 0 Å². The highest BCUT2D eigenvalue weighted by Gasteiger charge is 2.35. The Morgan fingerprint density at radius 3 is 2.58 bits per heavy atom. The number of piperazine rings is 1. The van der Waals surface area contributed by atoms with Gasteiger partial charge in [0.05, 0.1) is 6.54 Å². The minimum Gasteiger partial charge on any atom is -0.338 e. The molecule has 2 fully saturated rings. The number of amides is 2. The molecule has 0 radical (unpaired) electrons. The highest BCUT2D eigenvalue weighted by Crippen LogP contribution is 2.21. The quantitative estimate of drug-likeness (QED) is 0.782. The van der Waals surface area contributed by atoms with Crippen molar-refractivity contribution in [2.45, 2.75) is 58.5 Å². The van der Waals surface area contributed by atoms with Gasteiger partial charge in [-0.2, -0.15) is 4.98 Å². The van der Waals surface area contributed by atoms with Crippen LogP contribution in [-0.4, -0.2) is 75.4 Å². The van der Waals surface area contributed by atoms with Gasteiger partial charge >= 0.3 is 0 Å². The van der Waals surface area contributed by atoms with E-state index in [1.54, 1.807) is 6.92 Å². The Kier molecular flexibility index (Phi) is 6.24. The number of piperidine rings is 1. The van der Waals surface area contributed by atoms with Gasteiger partial charge in [0.15, 0.2) is 5.82 Å². The maximum absolute atomic E-state index is 13.0. The zero-order chi connectivity index (χ0) is 18.5. The van der Waals surface area contributed by atoms with Crippen molar-refractivity contribution in [1.29, 1.82) is 0 Å². The van der Waals surface area contributed by atoms with Crippen molar-refractivity contribution >= 4 is 11.8 Å². The summed E-state index contributed by atoms with van der Waals surface area (Å²) in [6.07, 6.45) is 4.15. The Hall–Kier alpha value is -1.96. The molecular weight excluding hydrogens is 334 g/mol. The molecule has 1 atom stereocenters. The zero-order valence-electron chi connectivity index (χ0n) is 15.8. The van der Waals surface area contributed by atoms with Gasteiger partial charge in [-0.05, 0) is 32.6 Å². The fourth-order valence-electron chi connectivity index (χ4n) is 3.78. The van der Waals surface area contributed by atoms with E-state index in [9.17, 15) is 9.59 Å². The molecule has 8 heteroatoms. The lowest BCUT2D eigenvalue weighted by atomic mass is 9.99. The van der Waals surface area contributed by atoms with Crippen molar-refractivity contribution in [2.24, 2.45) is 0 Å². The minimum atomic E-state index is -0.270. The Bertz CT molecular complexity index is 624. The van der Waals surface area contributed by atoms with Crippen LogP contribution in [0.5, 0.6) is 0 Å². The van der Waals surface area contributed by atoms with Gasteiger partial charge < -0.3 is 14.3 Å². The predicted octanol–water partition coefficient (Wildman–Crippen LogP) is 1.20. The Balaban J connectivity index is 1.54. The number of aryl methyl sites for hydroxylation is 1. The maximum atomic E-state index is 13.0. The van der Waals surface area contributed by atoms with Crippen molar-refractivity contribution in [3.8, 4) is 0 Å². The molecule has 1 unspecified atom stereocenters. The summed E-state index contributed by atoms with van der Waals surface area (Å²) in [5.41, 5.74) is 0. The van der Waals surface area contributed by atoms with Gasteiger partial charge in [-0.25, -0.2) is 0 Å². The van der Waals surface area contributed by atoms with E-state index in [-0.39, 0.29) is 17.9 Å². The molecule has 2 aliphatic heterocycles. The summed E-state index contributed by atoms with van der Waals surface area (Å²) < 4.78 is 5.17. The molecule has 2 amide bonds. The summed E-state index contributed by atoms with van der Waals surface area (Å²) >= 11 is 0. The van der Waals surface area contributed by atoms with Crippen LogP contribution in [0.1, 0.15) is 50.7 Å². The van der Waals surface area contributed by atoms with Gasteiger partial charge in [0.1, 0.15) is 6.04 Å². The van der Waals surface area contributed by atoms with E-state index >= 15 is 0 Å². The summed E-state index contributed by atoms with van der Waals surface area (Å²) in [5.74, 6) is 1.49. The molecule has 26 heavy (non-hydrogen) atoms.